The van der Waals surface area contributed by atoms with Crippen molar-refractivity contribution >= 4 is 0 Å². The second-order valence-corrected chi connectivity index (χ2v) is 6.18. The largest absolute Gasteiger partial charge is 0.390 e. The smallest absolute Gasteiger partial charge is 0.0793 e. The van der Waals surface area contributed by atoms with Crippen molar-refractivity contribution in [2.24, 2.45) is 0 Å². The van der Waals surface area contributed by atoms with Crippen molar-refractivity contribution in [3.63, 3.8) is 0 Å². The number of hydrogen-bond donors (Lipinski definition) is 2. The van der Waals surface area contributed by atoms with Crippen LogP contribution >= 0.6 is 0 Å². The van der Waals surface area contributed by atoms with Gasteiger partial charge in [0.2, 0.25) is 0 Å². The van der Waals surface area contributed by atoms with Gasteiger partial charge >= 0.3 is 0 Å². The molecule has 1 atom stereocenters. The molecular formula is C14H30N4O. The Bertz CT molecular complexity index is 250. The lowest BCUT2D eigenvalue weighted by Crippen LogP contribution is -2.50. The maximum atomic E-state index is 10.2. The summed E-state index contributed by atoms with van der Waals surface area (Å²) in [5, 5.41) is 13.6. The summed E-state index contributed by atoms with van der Waals surface area (Å²) in [6.45, 7) is 8.22. The minimum absolute atomic E-state index is 0.220. The monoisotopic (exact) mass is 270 g/mol. The van der Waals surface area contributed by atoms with Crippen LogP contribution in [0.25, 0.3) is 0 Å². The third-order valence-electron chi connectivity index (χ3n) is 4.49. The summed E-state index contributed by atoms with van der Waals surface area (Å²) in [5.41, 5.74) is 0. The van der Waals surface area contributed by atoms with E-state index in [1.165, 1.54) is 25.9 Å². The van der Waals surface area contributed by atoms with E-state index in [9.17, 15) is 5.11 Å². The van der Waals surface area contributed by atoms with Crippen LogP contribution in [-0.2, 0) is 0 Å². The summed E-state index contributed by atoms with van der Waals surface area (Å²) in [5.74, 6) is 0. The lowest BCUT2D eigenvalue weighted by atomic mass is 10.0. The number of aliphatic hydroxyl groups is 1. The summed E-state index contributed by atoms with van der Waals surface area (Å²) in [6, 6.07) is 0.647. The van der Waals surface area contributed by atoms with E-state index in [2.05, 4.69) is 34.1 Å². The minimum Gasteiger partial charge on any atom is -0.390 e. The lowest BCUT2D eigenvalue weighted by Gasteiger charge is -2.37. The zero-order valence-corrected chi connectivity index (χ0v) is 12.5. The van der Waals surface area contributed by atoms with Gasteiger partial charge in [-0.15, -0.1) is 0 Å². The van der Waals surface area contributed by atoms with Gasteiger partial charge in [-0.2, -0.15) is 0 Å². The fraction of sp³-hybridized carbons (Fsp3) is 1.00. The Morgan fingerprint density at radius 2 is 1.84 bits per heavy atom. The van der Waals surface area contributed by atoms with Gasteiger partial charge in [0.05, 0.1) is 6.10 Å². The SMILES string of the molecule is CN1CCC(N(C)CC(O)CN2CCNCC2)CC1. The van der Waals surface area contributed by atoms with Crippen LogP contribution in [-0.4, -0.2) is 98.4 Å². The first kappa shape index (κ1) is 15.2. The van der Waals surface area contributed by atoms with Gasteiger partial charge in [-0.3, -0.25) is 4.90 Å². The van der Waals surface area contributed by atoms with Crippen LogP contribution < -0.4 is 5.32 Å². The summed E-state index contributed by atoms with van der Waals surface area (Å²) < 4.78 is 0. The molecule has 2 aliphatic heterocycles. The number of aliphatic hydroxyl groups excluding tert-OH is 1. The Morgan fingerprint density at radius 1 is 1.21 bits per heavy atom. The highest BCUT2D eigenvalue weighted by atomic mass is 16.3. The molecule has 0 spiro atoms. The topological polar surface area (TPSA) is 42.0 Å². The highest BCUT2D eigenvalue weighted by Gasteiger charge is 2.23. The molecule has 0 aromatic heterocycles. The summed E-state index contributed by atoms with van der Waals surface area (Å²) >= 11 is 0. The number of piperazine rings is 1. The molecule has 0 amide bonds. The van der Waals surface area contributed by atoms with Crippen LogP contribution in [0.3, 0.4) is 0 Å². The van der Waals surface area contributed by atoms with E-state index in [1.807, 2.05) is 0 Å². The second-order valence-electron chi connectivity index (χ2n) is 6.18. The molecule has 0 radical (unpaired) electrons. The second kappa shape index (κ2) is 7.55. The molecule has 0 aromatic carbocycles. The Balaban J connectivity index is 1.67. The van der Waals surface area contributed by atoms with Crippen LogP contribution in [0.15, 0.2) is 0 Å². The van der Waals surface area contributed by atoms with E-state index in [0.29, 0.717) is 6.04 Å². The minimum atomic E-state index is -0.220. The molecule has 2 saturated heterocycles. The fourth-order valence-electron chi connectivity index (χ4n) is 3.17. The molecule has 2 N–H and O–H groups in total. The van der Waals surface area contributed by atoms with Crippen LogP contribution in [0.5, 0.6) is 0 Å². The third-order valence-corrected chi connectivity index (χ3v) is 4.49. The van der Waals surface area contributed by atoms with Crippen molar-refractivity contribution in [1.82, 2.24) is 20.0 Å². The van der Waals surface area contributed by atoms with Crippen molar-refractivity contribution in [3.05, 3.63) is 0 Å². The van der Waals surface area contributed by atoms with E-state index < -0.39 is 0 Å². The number of nitrogens with zero attached hydrogens (tertiary/aromatic N) is 3. The van der Waals surface area contributed by atoms with Crippen molar-refractivity contribution in [2.45, 2.75) is 25.0 Å². The van der Waals surface area contributed by atoms with E-state index in [0.717, 1.165) is 39.3 Å². The fourth-order valence-corrected chi connectivity index (χ4v) is 3.17. The predicted octanol–water partition coefficient (Wildman–Crippen LogP) is -0.721. The van der Waals surface area contributed by atoms with Gasteiger partial charge < -0.3 is 20.2 Å². The average molecular weight is 270 g/mol. The average Bonchev–Trinajstić information content (AvgIpc) is 2.40. The van der Waals surface area contributed by atoms with Gasteiger partial charge in [0.1, 0.15) is 0 Å². The van der Waals surface area contributed by atoms with Crippen LogP contribution in [0.1, 0.15) is 12.8 Å². The number of β-amino-alcohol motifs (C(OH)–C–C–N with tert-alkyl or cyclic N) is 1. The van der Waals surface area contributed by atoms with Crippen molar-refractivity contribution in [1.29, 1.82) is 0 Å². The van der Waals surface area contributed by atoms with E-state index in [4.69, 9.17) is 0 Å². The number of hydrogen-bond acceptors (Lipinski definition) is 5. The number of likely N-dealkylation sites (N-methyl/N-ethyl adjacent to an activating group) is 1. The maximum absolute atomic E-state index is 10.2. The van der Waals surface area contributed by atoms with Gasteiger partial charge in [-0.05, 0) is 40.0 Å². The molecule has 2 fully saturated rings. The first-order valence-corrected chi connectivity index (χ1v) is 7.65. The standard InChI is InChI=1S/C14H30N4O/c1-16-7-3-13(4-8-16)17(2)11-14(19)12-18-9-5-15-6-10-18/h13-15,19H,3-12H2,1-2H3. The highest BCUT2D eigenvalue weighted by Crippen LogP contribution is 2.14. The molecule has 19 heavy (non-hydrogen) atoms. The number of piperidine rings is 1. The van der Waals surface area contributed by atoms with Gasteiger partial charge in [0, 0.05) is 45.3 Å². The van der Waals surface area contributed by atoms with Crippen molar-refractivity contribution in [2.75, 3.05) is 66.5 Å². The van der Waals surface area contributed by atoms with Crippen LogP contribution in [0.2, 0.25) is 0 Å². The molecule has 2 heterocycles. The Labute approximate surface area is 117 Å². The molecule has 5 nitrogen and oxygen atoms in total. The predicted molar refractivity (Wildman–Crippen MR) is 78.5 cm³/mol. The molecule has 0 bridgehead atoms. The van der Waals surface area contributed by atoms with Gasteiger partial charge in [-0.25, -0.2) is 0 Å². The van der Waals surface area contributed by atoms with E-state index >= 15 is 0 Å². The summed E-state index contributed by atoms with van der Waals surface area (Å²) in [7, 11) is 4.35. The third kappa shape index (κ3) is 5.00. The molecule has 0 aliphatic carbocycles. The van der Waals surface area contributed by atoms with Crippen molar-refractivity contribution in [3.8, 4) is 0 Å². The molecule has 1 unspecified atom stereocenters. The normalized spacial score (nSPS) is 25.9. The maximum Gasteiger partial charge on any atom is 0.0793 e. The molecule has 112 valence electrons. The van der Waals surface area contributed by atoms with Crippen molar-refractivity contribution < 1.29 is 5.11 Å². The number of likely N-dealkylation sites (tertiary alicyclic amines) is 1. The molecule has 0 aromatic rings. The lowest BCUT2D eigenvalue weighted by molar-refractivity contribution is 0.0516. The molecule has 2 aliphatic rings. The van der Waals surface area contributed by atoms with Gasteiger partial charge in [-0.1, -0.05) is 0 Å². The molecule has 5 heteroatoms. The Kier molecular flexibility index (Phi) is 6.04. The first-order chi connectivity index (χ1) is 9.15. The Hall–Kier alpha value is -0.200. The number of nitrogens with one attached hydrogen (secondary N) is 1. The summed E-state index contributed by atoms with van der Waals surface area (Å²) in [6.07, 6.45) is 2.24. The zero-order chi connectivity index (χ0) is 13.7. The molecule has 2 rings (SSSR count). The number of rotatable bonds is 5. The summed E-state index contributed by atoms with van der Waals surface area (Å²) in [4.78, 5) is 7.12. The highest BCUT2D eigenvalue weighted by molar-refractivity contribution is 4.79. The van der Waals surface area contributed by atoms with E-state index in [-0.39, 0.29) is 6.10 Å². The zero-order valence-electron chi connectivity index (χ0n) is 12.5. The van der Waals surface area contributed by atoms with Crippen LogP contribution in [0.4, 0.5) is 0 Å². The van der Waals surface area contributed by atoms with E-state index in [1.54, 1.807) is 0 Å². The quantitative estimate of drug-likeness (QED) is 0.690. The Morgan fingerprint density at radius 3 is 2.47 bits per heavy atom. The van der Waals surface area contributed by atoms with Gasteiger partial charge in [0.25, 0.3) is 0 Å². The molecular weight excluding hydrogens is 240 g/mol. The van der Waals surface area contributed by atoms with Crippen LogP contribution in [0, 0.1) is 0 Å². The van der Waals surface area contributed by atoms with Gasteiger partial charge in [0.15, 0.2) is 0 Å². The first-order valence-electron chi connectivity index (χ1n) is 7.65. The molecule has 0 saturated carbocycles.